The summed E-state index contributed by atoms with van der Waals surface area (Å²) in [7, 11) is 0. The number of carbonyl (C=O) groups is 1. The summed E-state index contributed by atoms with van der Waals surface area (Å²) in [4.78, 5) is 47.1. The predicted molar refractivity (Wildman–Crippen MR) is 70.7 cm³/mol. The Morgan fingerprint density at radius 1 is 1.05 bits per heavy atom. The zero-order valence-electron chi connectivity index (χ0n) is 10.1. The van der Waals surface area contributed by atoms with Crippen LogP contribution in [0.4, 0.5) is 0 Å². The van der Waals surface area contributed by atoms with Gasteiger partial charge in [0.25, 0.3) is 5.56 Å². The van der Waals surface area contributed by atoms with Crippen molar-refractivity contribution in [1.29, 1.82) is 0 Å². The van der Waals surface area contributed by atoms with Crippen LogP contribution in [0.25, 0.3) is 11.2 Å². The number of carbonyl (C=O) groups excluding carboxylic acids is 1. The third-order valence-corrected chi connectivity index (χ3v) is 2.72. The first-order valence-corrected chi connectivity index (χ1v) is 5.74. The van der Waals surface area contributed by atoms with Gasteiger partial charge in [-0.2, -0.15) is 0 Å². The molecule has 0 aliphatic carbocycles. The summed E-state index contributed by atoms with van der Waals surface area (Å²) >= 11 is 0. The Kier molecular flexibility index (Phi) is 2.72. The van der Waals surface area contributed by atoms with E-state index < -0.39 is 11.2 Å². The highest BCUT2D eigenvalue weighted by Gasteiger charge is 2.13. The van der Waals surface area contributed by atoms with Crippen LogP contribution in [0.15, 0.2) is 46.1 Å². The van der Waals surface area contributed by atoms with Gasteiger partial charge in [0, 0.05) is 5.56 Å². The SMILES string of the molecule is O=C(c1ccccc1)c1cnc2c(=O)[nH]c(=O)[nH]c2n1. The molecule has 0 spiro atoms. The molecule has 7 nitrogen and oxygen atoms in total. The van der Waals surface area contributed by atoms with E-state index in [4.69, 9.17) is 0 Å². The van der Waals surface area contributed by atoms with Crippen molar-refractivity contribution in [2.75, 3.05) is 0 Å². The third-order valence-electron chi connectivity index (χ3n) is 2.72. The van der Waals surface area contributed by atoms with Crippen molar-refractivity contribution in [2.24, 2.45) is 0 Å². The predicted octanol–water partition coefficient (Wildman–Crippen LogP) is 0.237. The van der Waals surface area contributed by atoms with E-state index in [1.54, 1.807) is 30.3 Å². The van der Waals surface area contributed by atoms with Gasteiger partial charge in [-0.15, -0.1) is 0 Å². The van der Waals surface area contributed by atoms with E-state index in [1.807, 2.05) is 4.98 Å². The Bertz CT molecular complexity index is 912. The number of nitrogens with one attached hydrogen (secondary N) is 2. The molecule has 2 aromatic heterocycles. The molecule has 0 fully saturated rings. The molecule has 0 radical (unpaired) electrons. The molecule has 0 bridgehead atoms. The quantitative estimate of drug-likeness (QED) is 0.647. The van der Waals surface area contributed by atoms with Gasteiger partial charge in [0.15, 0.2) is 11.2 Å². The van der Waals surface area contributed by atoms with Crippen LogP contribution < -0.4 is 11.2 Å². The van der Waals surface area contributed by atoms with Gasteiger partial charge in [-0.3, -0.25) is 19.6 Å². The van der Waals surface area contributed by atoms with E-state index in [2.05, 4.69) is 15.0 Å². The number of H-pyrrole nitrogens is 2. The van der Waals surface area contributed by atoms with E-state index in [9.17, 15) is 14.4 Å². The van der Waals surface area contributed by atoms with Gasteiger partial charge in [-0.1, -0.05) is 30.3 Å². The van der Waals surface area contributed by atoms with Crippen molar-refractivity contribution in [1.82, 2.24) is 19.9 Å². The molecule has 0 saturated heterocycles. The second-order valence-corrected chi connectivity index (χ2v) is 4.06. The molecule has 3 aromatic rings. The lowest BCUT2D eigenvalue weighted by Crippen LogP contribution is -2.23. The van der Waals surface area contributed by atoms with Crippen molar-refractivity contribution in [3.63, 3.8) is 0 Å². The Morgan fingerprint density at radius 2 is 1.80 bits per heavy atom. The van der Waals surface area contributed by atoms with E-state index in [1.165, 1.54) is 6.20 Å². The molecule has 0 amide bonds. The number of fused-ring (bicyclic) bond motifs is 1. The lowest BCUT2D eigenvalue weighted by atomic mass is 10.1. The molecule has 1 aromatic carbocycles. The number of ketones is 1. The Hall–Kier alpha value is -3.09. The van der Waals surface area contributed by atoms with E-state index in [-0.39, 0.29) is 22.6 Å². The molecule has 0 aliphatic rings. The van der Waals surface area contributed by atoms with Crippen LogP contribution >= 0.6 is 0 Å². The Labute approximate surface area is 111 Å². The number of rotatable bonds is 2. The average Bonchev–Trinajstić information content (AvgIpc) is 2.46. The van der Waals surface area contributed by atoms with Gasteiger partial charge >= 0.3 is 5.69 Å². The lowest BCUT2D eigenvalue weighted by molar-refractivity contribution is 0.103. The molecule has 3 rings (SSSR count). The summed E-state index contributed by atoms with van der Waals surface area (Å²) < 4.78 is 0. The number of benzene rings is 1. The van der Waals surface area contributed by atoms with Crippen LogP contribution in [0, 0.1) is 0 Å². The highest BCUT2D eigenvalue weighted by atomic mass is 16.2. The molecule has 0 unspecified atom stereocenters. The fourth-order valence-corrected chi connectivity index (χ4v) is 1.79. The molecule has 0 atom stereocenters. The summed E-state index contributed by atoms with van der Waals surface area (Å²) in [6.45, 7) is 0. The highest BCUT2D eigenvalue weighted by Crippen LogP contribution is 2.08. The van der Waals surface area contributed by atoms with E-state index in [0.717, 1.165) is 0 Å². The van der Waals surface area contributed by atoms with Gasteiger partial charge in [0.2, 0.25) is 5.78 Å². The van der Waals surface area contributed by atoms with Crippen LogP contribution in [-0.2, 0) is 0 Å². The fourth-order valence-electron chi connectivity index (χ4n) is 1.79. The Balaban J connectivity index is 2.17. The topological polar surface area (TPSA) is 109 Å². The fraction of sp³-hybridized carbons (Fsp3) is 0. The summed E-state index contributed by atoms with van der Waals surface area (Å²) in [5.74, 6) is -0.332. The summed E-state index contributed by atoms with van der Waals surface area (Å²) in [6.07, 6.45) is 1.21. The molecule has 0 aliphatic heterocycles. The van der Waals surface area contributed by atoms with Crippen LogP contribution in [0.2, 0.25) is 0 Å². The first-order valence-electron chi connectivity index (χ1n) is 5.74. The highest BCUT2D eigenvalue weighted by molar-refractivity contribution is 6.08. The first kappa shape index (κ1) is 12.0. The van der Waals surface area contributed by atoms with E-state index in [0.29, 0.717) is 5.56 Å². The summed E-state index contributed by atoms with van der Waals surface area (Å²) in [5, 5.41) is 0. The second kappa shape index (κ2) is 4.54. The first-order chi connectivity index (χ1) is 9.65. The average molecular weight is 268 g/mol. The molecule has 7 heteroatoms. The number of hydrogen-bond donors (Lipinski definition) is 2. The van der Waals surface area contributed by atoms with Crippen LogP contribution in [0.3, 0.4) is 0 Å². The normalized spacial score (nSPS) is 10.6. The van der Waals surface area contributed by atoms with Crippen molar-refractivity contribution in [3.8, 4) is 0 Å². The molecule has 20 heavy (non-hydrogen) atoms. The molecule has 2 N–H and O–H groups in total. The summed E-state index contributed by atoms with van der Waals surface area (Å²) in [5.41, 5.74) is -0.857. The second-order valence-electron chi connectivity index (χ2n) is 4.06. The maximum atomic E-state index is 12.2. The van der Waals surface area contributed by atoms with Gasteiger partial charge < -0.3 is 0 Å². The molecule has 0 saturated carbocycles. The van der Waals surface area contributed by atoms with Crippen molar-refractivity contribution in [2.45, 2.75) is 0 Å². The third kappa shape index (κ3) is 2.01. The van der Waals surface area contributed by atoms with E-state index >= 15 is 0 Å². The minimum atomic E-state index is -0.693. The lowest BCUT2D eigenvalue weighted by Gasteiger charge is -2.01. The number of hydrogen-bond acceptors (Lipinski definition) is 5. The number of nitrogens with zero attached hydrogens (tertiary/aromatic N) is 2. The molecule has 98 valence electrons. The van der Waals surface area contributed by atoms with Crippen LogP contribution in [0.1, 0.15) is 16.1 Å². The Morgan fingerprint density at radius 3 is 2.55 bits per heavy atom. The minimum absolute atomic E-state index is 0.0134. The van der Waals surface area contributed by atoms with Crippen LogP contribution in [-0.4, -0.2) is 25.7 Å². The maximum absolute atomic E-state index is 12.2. The van der Waals surface area contributed by atoms with Gasteiger partial charge in [-0.05, 0) is 0 Å². The zero-order valence-corrected chi connectivity index (χ0v) is 10.1. The standard InChI is InChI=1S/C13H8N4O3/c18-10(7-4-2-1-3-5-7)8-6-14-9-11(15-8)16-13(20)17-12(9)19/h1-6H,(H2,15,16,17,19,20). The number of aromatic nitrogens is 4. The number of aromatic amines is 2. The van der Waals surface area contributed by atoms with Gasteiger partial charge in [0.1, 0.15) is 5.69 Å². The maximum Gasteiger partial charge on any atom is 0.327 e. The molecular formula is C13H8N4O3. The van der Waals surface area contributed by atoms with Crippen molar-refractivity contribution >= 4 is 16.9 Å². The molecule has 2 heterocycles. The largest absolute Gasteiger partial charge is 0.327 e. The monoisotopic (exact) mass is 268 g/mol. The molecular weight excluding hydrogens is 260 g/mol. The van der Waals surface area contributed by atoms with Crippen molar-refractivity contribution in [3.05, 3.63) is 68.6 Å². The van der Waals surface area contributed by atoms with Gasteiger partial charge in [-0.25, -0.2) is 14.8 Å². The van der Waals surface area contributed by atoms with Gasteiger partial charge in [0.05, 0.1) is 6.20 Å². The minimum Gasteiger partial charge on any atom is -0.290 e. The van der Waals surface area contributed by atoms with Crippen molar-refractivity contribution < 1.29 is 4.79 Å². The zero-order chi connectivity index (χ0) is 14.1. The van der Waals surface area contributed by atoms with Crippen LogP contribution in [0.5, 0.6) is 0 Å². The smallest absolute Gasteiger partial charge is 0.290 e. The summed E-state index contributed by atoms with van der Waals surface area (Å²) in [6, 6.07) is 8.55.